The van der Waals surface area contributed by atoms with E-state index in [2.05, 4.69) is 41.8 Å². The van der Waals surface area contributed by atoms with E-state index >= 15 is 0 Å². The van der Waals surface area contributed by atoms with Crippen molar-refractivity contribution in [2.24, 2.45) is 11.8 Å². The fourth-order valence-corrected chi connectivity index (χ4v) is 3.31. The lowest BCUT2D eigenvalue weighted by Crippen LogP contribution is -2.46. The number of hydrogen-bond acceptors (Lipinski definition) is 2. The predicted molar refractivity (Wildman–Crippen MR) is 100 cm³/mol. The number of nitrogens with zero attached hydrogens (tertiary/aromatic N) is 1. The first kappa shape index (κ1) is 26.3. The Kier molecular flexibility index (Phi) is 15.6. The third kappa shape index (κ3) is 20.1. The van der Waals surface area contributed by atoms with Gasteiger partial charge in [0, 0.05) is 11.8 Å². The second kappa shape index (κ2) is 14.3. The third-order valence-electron chi connectivity index (χ3n) is 4.59. The maximum Gasteiger partial charge on any atom is 0.262 e. The molecule has 0 aromatic heterocycles. The molecule has 0 aromatic rings. The molecular formula is C18H42NO4P. The Morgan fingerprint density at radius 3 is 1.38 bits per heavy atom. The van der Waals surface area contributed by atoms with Gasteiger partial charge in [-0.1, -0.05) is 53.4 Å². The number of unbranched alkanes of at least 4 members (excludes halogenated alkanes) is 2. The quantitative estimate of drug-likeness (QED) is 0.404. The molecule has 0 saturated heterocycles. The van der Waals surface area contributed by atoms with E-state index in [0.717, 1.165) is 11.8 Å². The Morgan fingerprint density at radius 2 is 1.17 bits per heavy atom. The standard InChI is InChI=1S/C18H40N.H3O4P/c1-7-11-13-17(9-3)15-19(5,6)16-18(10-4)14-12-8-2;1-5(2,3)4/h17-18H,7-16H2,1-6H3;(H3,1,2,3,4)/q+1;/p-1. The number of rotatable bonds is 12. The van der Waals surface area contributed by atoms with Crippen LogP contribution in [0.5, 0.6) is 0 Å². The minimum atomic E-state index is -4.89. The normalized spacial score (nSPS) is 14.7. The van der Waals surface area contributed by atoms with Gasteiger partial charge in [0.2, 0.25) is 0 Å². The van der Waals surface area contributed by atoms with E-state index in [1.165, 1.54) is 68.9 Å². The molecule has 6 heteroatoms. The van der Waals surface area contributed by atoms with Crippen LogP contribution >= 0.6 is 7.82 Å². The van der Waals surface area contributed by atoms with Gasteiger partial charge in [0.1, 0.15) is 0 Å². The smallest absolute Gasteiger partial charge is 0.262 e. The summed E-state index contributed by atoms with van der Waals surface area (Å²) in [4.78, 5) is 22.9. The van der Waals surface area contributed by atoms with E-state index in [4.69, 9.17) is 19.2 Å². The van der Waals surface area contributed by atoms with Gasteiger partial charge < -0.3 is 19.2 Å². The molecule has 0 amide bonds. The van der Waals surface area contributed by atoms with Crippen molar-refractivity contribution in [3.8, 4) is 0 Å². The predicted octanol–water partition coefficient (Wildman–Crippen LogP) is 3.94. The fourth-order valence-electron chi connectivity index (χ4n) is 3.31. The van der Waals surface area contributed by atoms with E-state index in [9.17, 15) is 0 Å². The Labute approximate surface area is 150 Å². The molecule has 2 N–H and O–H groups in total. The highest BCUT2D eigenvalue weighted by molar-refractivity contribution is 7.43. The van der Waals surface area contributed by atoms with Crippen LogP contribution in [-0.2, 0) is 4.57 Å². The van der Waals surface area contributed by atoms with Crippen LogP contribution in [0, 0.1) is 11.8 Å². The maximum atomic E-state index is 8.77. The maximum absolute atomic E-state index is 8.77. The zero-order valence-corrected chi connectivity index (χ0v) is 17.7. The lowest BCUT2D eigenvalue weighted by Gasteiger charge is -2.36. The second-order valence-corrected chi connectivity index (χ2v) is 8.61. The van der Waals surface area contributed by atoms with Crippen molar-refractivity contribution in [1.82, 2.24) is 0 Å². The van der Waals surface area contributed by atoms with E-state index in [1.807, 2.05) is 0 Å². The van der Waals surface area contributed by atoms with Crippen LogP contribution in [0.25, 0.3) is 0 Å². The second-order valence-electron chi connectivity index (χ2n) is 7.62. The highest BCUT2D eigenvalue weighted by atomic mass is 31.2. The van der Waals surface area contributed by atoms with Crippen LogP contribution in [0.15, 0.2) is 0 Å². The molecular weight excluding hydrogens is 325 g/mol. The first-order valence-electron chi connectivity index (χ1n) is 9.57. The summed E-state index contributed by atoms with van der Waals surface area (Å²) in [6.45, 7) is 12.1. The van der Waals surface area contributed by atoms with Gasteiger partial charge in [0.15, 0.2) is 0 Å². The van der Waals surface area contributed by atoms with Crippen molar-refractivity contribution in [1.29, 1.82) is 0 Å². The van der Waals surface area contributed by atoms with E-state index in [-0.39, 0.29) is 0 Å². The summed E-state index contributed by atoms with van der Waals surface area (Å²) in [5, 5.41) is 0. The van der Waals surface area contributed by atoms with Crippen molar-refractivity contribution >= 4 is 7.82 Å². The van der Waals surface area contributed by atoms with Gasteiger partial charge in [-0.2, -0.15) is 0 Å². The van der Waals surface area contributed by atoms with Crippen LogP contribution in [0.2, 0.25) is 0 Å². The van der Waals surface area contributed by atoms with Crippen LogP contribution in [-0.4, -0.2) is 41.5 Å². The average Bonchev–Trinajstić information content (AvgIpc) is 2.45. The summed E-state index contributed by atoms with van der Waals surface area (Å²) in [5.41, 5.74) is 0. The van der Waals surface area contributed by atoms with Gasteiger partial charge in [-0.3, -0.25) is 4.57 Å². The molecule has 5 nitrogen and oxygen atoms in total. The highest BCUT2D eigenvalue weighted by Gasteiger charge is 2.24. The van der Waals surface area contributed by atoms with Crippen LogP contribution < -0.4 is 4.89 Å². The summed E-state index contributed by atoms with van der Waals surface area (Å²) in [5.74, 6) is 1.86. The number of hydrogen-bond donors (Lipinski definition) is 2. The molecule has 24 heavy (non-hydrogen) atoms. The van der Waals surface area contributed by atoms with Crippen molar-refractivity contribution < 1.29 is 23.7 Å². The molecule has 0 radical (unpaired) electrons. The molecule has 0 aliphatic carbocycles. The van der Waals surface area contributed by atoms with Crippen molar-refractivity contribution in [3.63, 3.8) is 0 Å². The molecule has 148 valence electrons. The van der Waals surface area contributed by atoms with Gasteiger partial charge in [0.05, 0.1) is 27.2 Å². The van der Waals surface area contributed by atoms with Gasteiger partial charge in [-0.15, -0.1) is 0 Å². The zero-order chi connectivity index (χ0) is 19.2. The summed E-state index contributed by atoms with van der Waals surface area (Å²) >= 11 is 0. The van der Waals surface area contributed by atoms with Crippen LogP contribution in [0.3, 0.4) is 0 Å². The molecule has 0 spiro atoms. The SMILES string of the molecule is CCCCC(CC)C[N+](C)(C)CC(CC)CCCC.O=P([O-])(O)O. The molecule has 0 heterocycles. The van der Waals surface area contributed by atoms with Crippen molar-refractivity contribution in [3.05, 3.63) is 0 Å². The minimum absolute atomic E-state index is 0.929. The zero-order valence-electron chi connectivity index (χ0n) is 16.8. The molecule has 0 bridgehead atoms. The van der Waals surface area contributed by atoms with Crippen LogP contribution in [0.1, 0.15) is 79.1 Å². The Hall–Kier alpha value is 0.0700. The summed E-state index contributed by atoms with van der Waals surface area (Å²) in [6, 6.07) is 0. The molecule has 0 aliphatic rings. The Bertz CT molecular complexity index is 303. The van der Waals surface area contributed by atoms with E-state index in [1.54, 1.807) is 0 Å². The molecule has 0 rings (SSSR count). The Balaban J connectivity index is 0. The van der Waals surface area contributed by atoms with E-state index in [0.29, 0.717) is 0 Å². The lowest BCUT2D eigenvalue weighted by atomic mass is 9.95. The molecule has 0 aromatic carbocycles. The summed E-state index contributed by atoms with van der Waals surface area (Å²) in [6.07, 6.45) is 11.1. The summed E-state index contributed by atoms with van der Waals surface area (Å²) < 4.78 is 10.00. The fraction of sp³-hybridized carbons (Fsp3) is 1.00. The van der Waals surface area contributed by atoms with Gasteiger partial charge in [-0.25, -0.2) is 0 Å². The van der Waals surface area contributed by atoms with Crippen molar-refractivity contribution in [2.75, 3.05) is 27.2 Å². The molecule has 0 aliphatic heterocycles. The topological polar surface area (TPSA) is 80.6 Å². The van der Waals surface area contributed by atoms with Crippen molar-refractivity contribution in [2.45, 2.75) is 79.1 Å². The van der Waals surface area contributed by atoms with E-state index < -0.39 is 7.82 Å². The molecule has 2 atom stereocenters. The first-order chi connectivity index (χ1) is 11.0. The average molecular weight is 368 g/mol. The van der Waals surface area contributed by atoms with Gasteiger partial charge in [-0.05, 0) is 25.7 Å². The van der Waals surface area contributed by atoms with Gasteiger partial charge >= 0.3 is 0 Å². The number of quaternary nitrogens is 1. The number of phosphoric acid groups is 1. The molecule has 2 unspecified atom stereocenters. The summed E-state index contributed by atoms with van der Waals surface area (Å²) in [7, 11) is 0.00637. The minimum Gasteiger partial charge on any atom is -0.756 e. The Morgan fingerprint density at radius 1 is 0.875 bits per heavy atom. The molecule has 0 fully saturated rings. The largest absolute Gasteiger partial charge is 0.756 e. The van der Waals surface area contributed by atoms with Gasteiger partial charge in [0.25, 0.3) is 7.82 Å². The third-order valence-corrected chi connectivity index (χ3v) is 4.59. The monoisotopic (exact) mass is 367 g/mol. The lowest BCUT2D eigenvalue weighted by molar-refractivity contribution is -0.897. The first-order valence-corrected chi connectivity index (χ1v) is 11.1. The molecule has 0 saturated carbocycles. The van der Waals surface area contributed by atoms with Crippen LogP contribution in [0.4, 0.5) is 0 Å². The highest BCUT2D eigenvalue weighted by Crippen LogP contribution is 2.21.